The number of hydrogen-bond acceptors (Lipinski definition) is 4. The smallest absolute Gasteiger partial charge is 0.0482 e. The summed E-state index contributed by atoms with van der Waals surface area (Å²) in [7, 11) is 0. The van der Waals surface area contributed by atoms with Gasteiger partial charge in [-0.05, 0) is 43.2 Å². The van der Waals surface area contributed by atoms with E-state index in [9.17, 15) is 19.8 Å². The Balaban J connectivity index is 0.000000513. The van der Waals surface area contributed by atoms with Gasteiger partial charge in [-0.15, -0.1) is 0 Å². The number of aliphatic carboxylic acids is 2. The van der Waals surface area contributed by atoms with Crippen LogP contribution in [0.5, 0.6) is 0 Å². The third kappa shape index (κ3) is 12.9. The molecule has 0 aliphatic carbocycles. The van der Waals surface area contributed by atoms with Crippen LogP contribution in [0.2, 0.25) is 6.86 Å². The number of carbonyl (C=O) groups excluding carboxylic acids is 2. The molecule has 0 saturated heterocycles. The van der Waals surface area contributed by atoms with Gasteiger partial charge < -0.3 is 19.8 Å². The second-order valence-corrected chi connectivity index (χ2v) is 20.0. The number of benzene rings is 2. The molecule has 0 bridgehead atoms. The largest absolute Gasteiger partial charge is 0.550 e. The first kappa shape index (κ1) is 29.2. The number of carboxylic acid groups (broad SMARTS) is 2. The van der Waals surface area contributed by atoms with E-state index in [1.54, 1.807) is 0 Å². The predicted molar refractivity (Wildman–Crippen MR) is 132 cm³/mol. The van der Waals surface area contributed by atoms with Crippen molar-refractivity contribution in [3.8, 4) is 0 Å². The van der Waals surface area contributed by atoms with Crippen molar-refractivity contribution in [2.75, 3.05) is 0 Å². The first-order valence-corrected chi connectivity index (χ1v) is 14.4. The molecule has 0 saturated carbocycles. The molecular weight excluding hydrogens is 519 g/mol. The Hall–Kier alpha value is -1.82. The Morgan fingerprint density at radius 1 is 0.727 bits per heavy atom. The minimum atomic E-state index is -1.17. The summed E-state index contributed by atoms with van der Waals surface area (Å²) in [5.74, 6) is -2.31. The molecule has 33 heavy (non-hydrogen) atoms. The maximum atomic E-state index is 12.0. The van der Waals surface area contributed by atoms with Crippen LogP contribution in [-0.4, -0.2) is 33.1 Å². The van der Waals surface area contributed by atoms with E-state index < -0.39 is 17.4 Å². The van der Waals surface area contributed by atoms with Gasteiger partial charge in [-0.1, -0.05) is 60.7 Å². The summed E-state index contributed by atoms with van der Waals surface area (Å²) < 4.78 is 1.31. The van der Waals surface area contributed by atoms with Crippen LogP contribution >= 0.6 is 0 Å². The van der Waals surface area contributed by atoms with Gasteiger partial charge in [-0.25, -0.2) is 0 Å². The number of carbonyl (C=O) groups is 2. The fourth-order valence-corrected chi connectivity index (χ4v) is 10.6. The molecule has 0 unspecified atom stereocenters. The maximum absolute atomic E-state index is 12.0. The Morgan fingerprint density at radius 3 is 1.39 bits per heavy atom. The topological polar surface area (TPSA) is 80.3 Å². The normalized spacial score (nSPS) is 11.7. The van der Waals surface area contributed by atoms with Crippen LogP contribution in [0, 0.1) is 5.41 Å². The average molecular weight is 557 g/mol. The number of carboxylic acids is 2. The molecule has 0 spiro atoms. The minimum Gasteiger partial charge on any atom is -0.550 e. The van der Waals surface area contributed by atoms with E-state index in [-0.39, 0.29) is 40.4 Å². The molecule has 0 atom stereocenters. The van der Waals surface area contributed by atoms with E-state index in [0.717, 1.165) is 11.1 Å². The number of rotatable bonds is 9. The zero-order valence-corrected chi connectivity index (χ0v) is 23.8. The Morgan fingerprint density at radius 2 is 1.12 bits per heavy atom. The molecule has 178 valence electrons. The van der Waals surface area contributed by atoms with Gasteiger partial charge >= 0.3 is 69.5 Å². The summed E-state index contributed by atoms with van der Waals surface area (Å²) in [6, 6.07) is 18.7. The summed E-state index contributed by atoms with van der Waals surface area (Å²) in [5.41, 5.74) is 0.648. The van der Waals surface area contributed by atoms with Crippen LogP contribution in [0.1, 0.15) is 71.9 Å². The summed E-state index contributed by atoms with van der Waals surface area (Å²) in [4.78, 5) is 22.7. The molecule has 0 aliphatic rings. The molecule has 4 nitrogen and oxygen atoms in total. The maximum Gasteiger partial charge on any atom is 0.0482 e. The monoisotopic (exact) mass is 558 g/mol. The van der Waals surface area contributed by atoms with Crippen molar-refractivity contribution in [1.82, 2.24) is 0 Å². The second-order valence-electron chi connectivity index (χ2n) is 10.7. The molecule has 0 heterocycles. The molecule has 0 aromatic heterocycles. The van der Waals surface area contributed by atoms with Gasteiger partial charge in [0.15, 0.2) is 0 Å². The van der Waals surface area contributed by atoms with Crippen LogP contribution in [0.15, 0.2) is 60.7 Å². The van der Waals surface area contributed by atoms with E-state index in [4.69, 9.17) is 0 Å². The van der Waals surface area contributed by atoms with Gasteiger partial charge in [0.25, 0.3) is 0 Å². The van der Waals surface area contributed by atoms with Gasteiger partial charge in [0.1, 0.15) is 0 Å². The molecule has 0 radical (unpaired) electrons. The Kier molecular flexibility index (Phi) is 11.7. The minimum absolute atomic E-state index is 0.154. The van der Waals surface area contributed by atoms with Crippen LogP contribution in [0.25, 0.3) is 0 Å². The first-order chi connectivity index (χ1) is 15.2. The van der Waals surface area contributed by atoms with E-state index in [1.807, 2.05) is 60.7 Å². The van der Waals surface area contributed by atoms with Gasteiger partial charge in [-0.2, -0.15) is 0 Å². The van der Waals surface area contributed by atoms with Gasteiger partial charge in [-0.3, -0.25) is 0 Å². The van der Waals surface area contributed by atoms with Gasteiger partial charge in [0.05, 0.1) is 0 Å². The molecule has 5 heteroatoms. The first-order valence-electron chi connectivity index (χ1n) is 11.5. The Labute approximate surface area is 210 Å². The van der Waals surface area contributed by atoms with Crippen molar-refractivity contribution in [1.29, 1.82) is 0 Å². The van der Waals surface area contributed by atoms with Gasteiger partial charge in [0, 0.05) is 17.4 Å². The quantitative estimate of drug-likeness (QED) is 0.432. The van der Waals surface area contributed by atoms with Crippen molar-refractivity contribution < 1.29 is 19.8 Å². The molecule has 0 fully saturated rings. The molecule has 0 aliphatic heterocycles. The fraction of sp³-hybridized carbons (Fsp3) is 0.500. The zero-order valence-electron chi connectivity index (χ0n) is 20.9. The van der Waals surface area contributed by atoms with Crippen molar-refractivity contribution in [3.05, 3.63) is 71.8 Å². The molecule has 2 rings (SSSR count). The standard InChI is InChI=1S/C20H22O4.2C4H9.Sn/c21-18(22)12-7-13-20(19(23)24,14-16-8-3-1-4-9-16)15-17-10-5-2-6-11-17;2*1-4(2)3;/h1-6,8-11H,7,12-15H2,(H,21,22)(H,23,24);2*1-3H3;/q;;;+2/p-2. The van der Waals surface area contributed by atoms with E-state index >= 15 is 0 Å². The third-order valence-electron chi connectivity index (χ3n) is 4.99. The van der Waals surface area contributed by atoms with Crippen molar-refractivity contribution in [3.63, 3.8) is 0 Å². The average Bonchev–Trinajstić information content (AvgIpc) is 2.66. The summed E-state index contributed by atoms with van der Waals surface area (Å²) in [5, 5.41) is 22.7. The van der Waals surface area contributed by atoms with Crippen molar-refractivity contribution >= 4 is 33.1 Å². The summed E-state index contributed by atoms with van der Waals surface area (Å²) in [6.45, 7) is 14.2. The van der Waals surface area contributed by atoms with E-state index in [0.29, 0.717) is 19.7 Å². The summed E-state index contributed by atoms with van der Waals surface area (Å²) in [6.07, 6.45) is 0.928. The molecule has 0 amide bonds. The second kappa shape index (κ2) is 13.2. The zero-order chi connectivity index (χ0) is 25.1. The predicted octanol–water partition coefficient (Wildman–Crippen LogP) is 4.26. The molecule has 2 aromatic carbocycles. The SMILES string of the molecule is C[C](C)(C)[Sn+2][C](C)(C)C.O=C([O-])CCCC(Cc1ccccc1)(Cc1ccccc1)C(=O)[O-]. The van der Waals surface area contributed by atoms with Crippen LogP contribution in [-0.2, 0) is 22.4 Å². The summed E-state index contributed by atoms with van der Waals surface area (Å²) >= 11 is -0.182. The van der Waals surface area contributed by atoms with Crippen LogP contribution in [0.4, 0.5) is 0 Å². The van der Waals surface area contributed by atoms with Crippen LogP contribution in [0.3, 0.4) is 0 Å². The molecule has 2 aromatic rings. The van der Waals surface area contributed by atoms with Crippen molar-refractivity contribution in [2.24, 2.45) is 5.41 Å². The molecule has 0 N–H and O–H groups in total. The van der Waals surface area contributed by atoms with Crippen molar-refractivity contribution in [2.45, 2.75) is 80.5 Å². The molecular formula is C28H38O4Sn. The van der Waals surface area contributed by atoms with Gasteiger partial charge in [0.2, 0.25) is 0 Å². The van der Waals surface area contributed by atoms with E-state index in [1.165, 1.54) is 0 Å². The van der Waals surface area contributed by atoms with E-state index in [2.05, 4.69) is 41.5 Å². The fourth-order valence-electron chi connectivity index (χ4n) is 4.15. The number of hydrogen-bond donors (Lipinski definition) is 0. The van der Waals surface area contributed by atoms with Crippen LogP contribution < -0.4 is 10.2 Å². The third-order valence-corrected chi connectivity index (χ3v) is 9.27. The Bertz CT molecular complexity index is 795.